The molecule has 2 saturated heterocycles. The molecule has 0 aliphatic carbocycles. The number of nitrogens with zero attached hydrogens (tertiary/aromatic N) is 2. The molecule has 2 heterocycles. The topological polar surface area (TPSA) is 79.6 Å². The lowest BCUT2D eigenvalue weighted by Crippen LogP contribution is -2.59. The molecule has 1 amide bonds. The number of piperidine rings is 1. The van der Waals surface area contributed by atoms with E-state index >= 15 is 0 Å². The highest BCUT2D eigenvalue weighted by Gasteiger charge is 2.44. The third-order valence-electron chi connectivity index (χ3n) is 4.87. The van der Waals surface area contributed by atoms with Crippen LogP contribution in [0.2, 0.25) is 0 Å². The molecule has 3 rings (SSSR count). The third kappa shape index (κ3) is 4.18. The normalized spacial score (nSPS) is 25.1. The van der Waals surface area contributed by atoms with Crippen molar-refractivity contribution in [2.45, 2.75) is 44.4 Å². The number of carbonyl (C=O) groups excluding carboxylic acids is 2. The van der Waals surface area contributed by atoms with Crippen molar-refractivity contribution in [3.05, 3.63) is 35.9 Å². The van der Waals surface area contributed by atoms with Gasteiger partial charge in [0.25, 0.3) is 0 Å². The Bertz CT molecular complexity index is 641. The van der Waals surface area contributed by atoms with E-state index in [0.717, 1.165) is 5.56 Å². The number of benzene rings is 1. The van der Waals surface area contributed by atoms with Crippen LogP contribution in [0.5, 0.6) is 0 Å². The fourth-order valence-electron chi connectivity index (χ4n) is 3.65. The van der Waals surface area contributed by atoms with E-state index < -0.39 is 0 Å². The number of nitriles is 1. The minimum absolute atomic E-state index is 0.0922. The number of ether oxygens (including phenoxy) is 2. The van der Waals surface area contributed by atoms with Gasteiger partial charge in [0.2, 0.25) is 0 Å². The number of fused-ring (bicyclic) bond motifs is 2. The van der Waals surface area contributed by atoms with E-state index in [9.17, 15) is 9.59 Å². The van der Waals surface area contributed by atoms with Crippen molar-refractivity contribution in [2.24, 2.45) is 5.92 Å². The van der Waals surface area contributed by atoms with Crippen LogP contribution in [-0.2, 0) is 20.9 Å². The second-order valence-corrected chi connectivity index (χ2v) is 6.59. The van der Waals surface area contributed by atoms with Crippen LogP contribution in [0.3, 0.4) is 0 Å². The molecule has 132 valence electrons. The maximum atomic E-state index is 12.6. The molecule has 6 heteroatoms. The lowest BCUT2D eigenvalue weighted by Gasteiger charge is -2.47. The van der Waals surface area contributed by atoms with Gasteiger partial charge in [0.1, 0.15) is 12.4 Å². The zero-order chi connectivity index (χ0) is 17.6. The molecule has 0 N–H and O–H groups in total. The van der Waals surface area contributed by atoms with E-state index in [1.54, 1.807) is 4.90 Å². The molecule has 0 saturated carbocycles. The van der Waals surface area contributed by atoms with E-state index in [0.29, 0.717) is 32.5 Å². The van der Waals surface area contributed by atoms with E-state index in [-0.39, 0.29) is 42.9 Å². The van der Waals surface area contributed by atoms with E-state index in [2.05, 4.69) is 0 Å². The highest BCUT2D eigenvalue weighted by Crippen LogP contribution is 2.33. The Morgan fingerprint density at radius 1 is 1.20 bits per heavy atom. The Hall–Kier alpha value is -2.39. The lowest BCUT2D eigenvalue weighted by atomic mass is 9.81. The fourth-order valence-corrected chi connectivity index (χ4v) is 3.65. The van der Waals surface area contributed by atoms with Gasteiger partial charge in [-0.25, -0.2) is 4.79 Å². The first-order valence-corrected chi connectivity index (χ1v) is 8.65. The van der Waals surface area contributed by atoms with Crippen molar-refractivity contribution < 1.29 is 19.1 Å². The van der Waals surface area contributed by atoms with Gasteiger partial charge >= 0.3 is 6.09 Å². The first kappa shape index (κ1) is 17.4. The van der Waals surface area contributed by atoms with Crippen LogP contribution in [0.1, 0.15) is 31.2 Å². The van der Waals surface area contributed by atoms with Crippen LogP contribution in [0.25, 0.3) is 0 Å². The molecule has 25 heavy (non-hydrogen) atoms. The molecule has 2 atom stereocenters. The number of ketones is 1. The Morgan fingerprint density at radius 2 is 1.88 bits per heavy atom. The number of amides is 1. The second kappa shape index (κ2) is 8.13. The summed E-state index contributed by atoms with van der Waals surface area (Å²) in [5, 5.41) is 8.65. The quantitative estimate of drug-likeness (QED) is 0.822. The minimum Gasteiger partial charge on any atom is -0.445 e. The highest BCUT2D eigenvalue weighted by molar-refractivity contribution is 5.82. The first-order chi connectivity index (χ1) is 12.2. The number of hydrogen-bond acceptors (Lipinski definition) is 5. The zero-order valence-electron chi connectivity index (χ0n) is 14.1. The van der Waals surface area contributed by atoms with Crippen molar-refractivity contribution in [1.29, 1.82) is 5.26 Å². The Morgan fingerprint density at radius 3 is 2.52 bits per heavy atom. The summed E-state index contributed by atoms with van der Waals surface area (Å²) in [6, 6.07) is 11.3. The first-order valence-electron chi connectivity index (χ1n) is 8.65. The molecule has 2 bridgehead atoms. The van der Waals surface area contributed by atoms with Crippen molar-refractivity contribution in [1.82, 2.24) is 4.90 Å². The number of carbonyl (C=O) groups is 2. The Balaban J connectivity index is 1.60. The maximum Gasteiger partial charge on any atom is 0.410 e. The van der Waals surface area contributed by atoms with Gasteiger partial charge in [-0.3, -0.25) is 9.69 Å². The summed E-state index contributed by atoms with van der Waals surface area (Å²) < 4.78 is 11.0. The molecule has 1 aromatic rings. The van der Waals surface area contributed by atoms with Gasteiger partial charge in [0, 0.05) is 18.8 Å². The van der Waals surface area contributed by atoms with Gasteiger partial charge in [0.05, 0.1) is 31.4 Å². The monoisotopic (exact) mass is 342 g/mol. The second-order valence-electron chi connectivity index (χ2n) is 6.59. The van der Waals surface area contributed by atoms with Crippen molar-refractivity contribution >= 4 is 11.9 Å². The van der Waals surface area contributed by atoms with E-state index in [1.807, 2.05) is 36.4 Å². The molecule has 0 radical (unpaired) electrons. The molecule has 6 nitrogen and oxygen atoms in total. The summed E-state index contributed by atoms with van der Waals surface area (Å²) in [5.74, 6) is 0.0289. The van der Waals surface area contributed by atoms with Gasteiger partial charge in [-0.05, 0) is 18.4 Å². The van der Waals surface area contributed by atoms with Gasteiger partial charge in [-0.2, -0.15) is 5.26 Å². The van der Waals surface area contributed by atoms with Gasteiger partial charge < -0.3 is 9.47 Å². The number of morpholine rings is 1. The molecule has 0 spiro atoms. The van der Waals surface area contributed by atoms with Gasteiger partial charge in [0.15, 0.2) is 0 Å². The average molecular weight is 342 g/mol. The average Bonchev–Trinajstić information content (AvgIpc) is 2.64. The van der Waals surface area contributed by atoms with E-state index in [1.165, 1.54) is 0 Å². The van der Waals surface area contributed by atoms with E-state index in [4.69, 9.17) is 14.7 Å². The SMILES string of the molecule is N#CCCC(=O)C1CC2COCC(C1)N2C(=O)OCc1ccccc1. The van der Waals surface area contributed by atoms with Crippen LogP contribution >= 0.6 is 0 Å². The number of Topliss-reactive ketones (excluding diaryl/α,β-unsaturated/α-hetero) is 1. The molecule has 2 aliphatic heterocycles. The standard InChI is InChI=1S/C19H22N2O4/c20-8-4-7-18(22)15-9-16-12-24-13-17(10-15)21(16)19(23)25-11-14-5-2-1-3-6-14/h1-3,5-6,15-17H,4,7,9-13H2. The van der Waals surface area contributed by atoms with Crippen LogP contribution < -0.4 is 0 Å². The molecule has 0 aromatic heterocycles. The molecular formula is C19H22N2O4. The smallest absolute Gasteiger partial charge is 0.410 e. The van der Waals surface area contributed by atoms with Crippen LogP contribution in [-0.4, -0.2) is 42.1 Å². The molecule has 2 aliphatic rings. The van der Waals surface area contributed by atoms with Crippen molar-refractivity contribution in [3.8, 4) is 6.07 Å². The predicted octanol–water partition coefficient (Wildman–Crippen LogP) is 2.68. The molecular weight excluding hydrogens is 320 g/mol. The summed E-state index contributed by atoms with van der Waals surface area (Å²) in [6.45, 7) is 1.10. The predicted molar refractivity (Wildman–Crippen MR) is 89.4 cm³/mol. The Kier molecular flexibility index (Phi) is 5.67. The maximum absolute atomic E-state index is 12.6. The fraction of sp³-hybridized carbons (Fsp3) is 0.526. The molecule has 2 unspecified atom stereocenters. The van der Waals surface area contributed by atoms with Gasteiger partial charge in [-0.1, -0.05) is 30.3 Å². The van der Waals surface area contributed by atoms with Crippen molar-refractivity contribution in [3.63, 3.8) is 0 Å². The third-order valence-corrected chi connectivity index (χ3v) is 4.87. The minimum atomic E-state index is -0.343. The van der Waals surface area contributed by atoms with Crippen LogP contribution in [0.15, 0.2) is 30.3 Å². The van der Waals surface area contributed by atoms with Crippen LogP contribution in [0, 0.1) is 17.2 Å². The summed E-state index contributed by atoms with van der Waals surface area (Å²) in [5.41, 5.74) is 0.943. The summed E-state index contributed by atoms with van der Waals surface area (Å²) in [4.78, 5) is 26.6. The molecule has 1 aromatic carbocycles. The summed E-state index contributed by atoms with van der Waals surface area (Å²) in [6.07, 6.45) is 1.37. The number of hydrogen-bond donors (Lipinski definition) is 0. The number of rotatable bonds is 5. The van der Waals surface area contributed by atoms with Crippen molar-refractivity contribution in [2.75, 3.05) is 13.2 Å². The molecule has 2 fully saturated rings. The zero-order valence-corrected chi connectivity index (χ0v) is 14.1. The Labute approximate surface area is 147 Å². The summed E-state index contributed by atoms with van der Waals surface area (Å²) >= 11 is 0. The summed E-state index contributed by atoms with van der Waals surface area (Å²) in [7, 11) is 0. The van der Waals surface area contributed by atoms with Gasteiger partial charge in [-0.15, -0.1) is 0 Å². The lowest BCUT2D eigenvalue weighted by molar-refractivity contribution is -0.131. The largest absolute Gasteiger partial charge is 0.445 e. The highest BCUT2D eigenvalue weighted by atomic mass is 16.6. The van der Waals surface area contributed by atoms with Crippen LogP contribution in [0.4, 0.5) is 4.79 Å².